The molecule has 0 aromatic rings. The monoisotopic (exact) mass is 386 g/mol. The van der Waals surface area contributed by atoms with Crippen LogP contribution < -0.4 is 0 Å². The standard InChI is InChI=1S/C16H35NO7S/c1-4-21-10-11-23-14-15-24-13-12-22-9-8-17(2,3)7-5-6-16-25(18,19)20/h4-16H2,1-3H3/p+1. The number of hydrogen-bond acceptors (Lipinski definition) is 6. The van der Waals surface area contributed by atoms with Crippen LogP contribution in [-0.4, -0.2) is 103 Å². The van der Waals surface area contributed by atoms with Crippen LogP contribution in [0.1, 0.15) is 19.8 Å². The lowest BCUT2D eigenvalue weighted by Crippen LogP contribution is -2.43. The van der Waals surface area contributed by atoms with Gasteiger partial charge in [0.05, 0.1) is 72.6 Å². The van der Waals surface area contributed by atoms with E-state index >= 15 is 0 Å². The van der Waals surface area contributed by atoms with E-state index in [-0.39, 0.29) is 5.75 Å². The van der Waals surface area contributed by atoms with Gasteiger partial charge in [-0.15, -0.1) is 0 Å². The zero-order valence-electron chi connectivity index (χ0n) is 15.9. The molecule has 0 aliphatic heterocycles. The number of likely N-dealkylation sites (N-methyl/N-ethyl adjacent to an activating group) is 1. The Morgan fingerprint density at radius 3 is 1.72 bits per heavy atom. The molecular formula is C16H36NO7S+. The third-order valence-corrected chi connectivity index (χ3v) is 4.38. The lowest BCUT2D eigenvalue weighted by Gasteiger charge is -2.29. The molecule has 0 aliphatic carbocycles. The van der Waals surface area contributed by atoms with Crippen molar-refractivity contribution in [1.82, 2.24) is 0 Å². The van der Waals surface area contributed by atoms with E-state index in [2.05, 4.69) is 14.1 Å². The third-order valence-electron chi connectivity index (χ3n) is 3.58. The highest BCUT2D eigenvalue weighted by molar-refractivity contribution is 7.85. The minimum atomic E-state index is -3.84. The van der Waals surface area contributed by atoms with Gasteiger partial charge in [0.1, 0.15) is 6.54 Å². The molecule has 0 amide bonds. The Bertz CT molecular complexity index is 401. The Kier molecular flexibility index (Phi) is 14.7. The van der Waals surface area contributed by atoms with E-state index in [1.54, 1.807) is 0 Å². The molecule has 0 aromatic carbocycles. The molecule has 0 saturated carbocycles. The lowest BCUT2D eigenvalue weighted by molar-refractivity contribution is -0.890. The van der Waals surface area contributed by atoms with Crippen LogP contribution in [0.25, 0.3) is 0 Å². The lowest BCUT2D eigenvalue weighted by atomic mass is 10.3. The molecule has 0 bridgehead atoms. The Balaban J connectivity index is 3.39. The fourth-order valence-corrected chi connectivity index (χ4v) is 2.62. The van der Waals surface area contributed by atoms with Crippen molar-refractivity contribution in [2.24, 2.45) is 0 Å². The van der Waals surface area contributed by atoms with E-state index in [0.717, 1.165) is 24.0 Å². The molecule has 0 saturated heterocycles. The quantitative estimate of drug-likeness (QED) is 0.212. The van der Waals surface area contributed by atoms with Gasteiger partial charge in [0.2, 0.25) is 0 Å². The summed E-state index contributed by atoms with van der Waals surface area (Å²) in [6.45, 7) is 8.35. The van der Waals surface area contributed by atoms with E-state index in [9.17, 15) is 8.42 Å². The van der Waals surface area contributed by atoms with E-state index in [1.165, 1.54) is 0 Å². The molecular weight excluding hydrogens is 350 g/mol. The highest BCUT2D eigenvalue weighted by Crippen LogP contribution is 2.03. The molecule has 0 heterocycles. The largest absolute Gasteiger partial charge is 0.379 e. The van der Waals surface area contributed by atoms with Crippen LogP contribution in [0, 0.1) is 0 Å². The SMILES string of the molecule is CCOCCOCCOCCOCC[N+](C)(C)CCCCS(=O)(=O)O. The number of ether oxygens (including phenoxy) is 4. The molecule has 0 radical (unpaired) electrons. The normalized spacial score (nSPS) is 12.6. The van der Waals surface area contributed by atoms with Crippen molar-refractivity contribution >= 4 is 10.1 Å². The van der Waals surface area contributed by atoms with Crippen molar-refractivity contribution in [3.05, 3.63) is 0 Å². The predicted octanol–water partition coefficient (Wildman–Crippen LogP) is 0.817. The molecule has 0 unspecified atom stereocenters. The zero-order valence-corrected chi connectivity index (χ0v) is 16.8. The van der Waals surface area contributed by atoms with Gasteiger partial charge in [-0.1, -0.05) is 0 Å². The second kappa shape index (κ2) is 14.8. The van der Waals surface area contributed by atoms with Gasteiger partial charge in [-0.2, -0.15) is 8.42 Å². The minimum Gasteiger partial charge on any atom is -0.379 e. The Hall–Kier alpha value is -0.290. The minimum absolute atomic E-state index is 0.170. The maximum absolute atomic E-state index is 10.7. The van der Waals surface area contributed by atoms with Crippen LogP contribution >= 0.6 is 0 Å². The zero-order chi connectivity index (χ0) is 19.0. The summed E-state index contributed by atoms with van der Waals surface area (Å²) in [4.78, 5) is 0. The van der Waals surface area contributed by atoms with E-state index in [0.29, 0.717) is 59.3 Å². The first-order chi connectivity index (χ1) is 11.8. The van der Waals surface area contributed by atoms with Crippen molar-refractivity contribution in [3.63, 3.8) is 0 Å². The van der Waals surface area contributed by atoms with Gasteiger partial charge in [-0.3, -0.25) is 4.55 Å². The summed E-state index contributed by atoms with van der Waals surface area (Å²) in [7, 11) is 0.310. The molecule has 0 atom stereocenters. The highest BCUT2D eigenvalue weighted by atomic mass is 32.2. The number of rotatable bonds is 18. The summed E-state index contributed by atoms with van der Waals surface area (Å²) in [5.74, 6) is -0.170. The topological polar surface area (TPSA) is 91.3 Å². The number of unbranched alkanes of at least 4 members (excludes halogenated alkanes) is 1. The van der Waals surface area contributed by atoms with Crippen LogP contribution in [0.4, 0.5) is 0 Å². The maximum Gasteiger partial charge on any atom is 0.264 e. The first kappa shape index (κ1) is 24.7. The summed E-state index contributed by atoms with van der Waals surface area (Å²) < 4.78 is 52.2. The van der Waals surface area contributed by atoms with Crippen molar-refractivity contribution in [2.45, 2.75) is 19.8 Å². The van der Waals surface area contributed by atoms with Crippen LogP contribution in [0.15, 0.2) is 0 Å². The third kappa shape index (κ3) is 19.9. The fraction of sp³-hybridized carbons (Fsp3) is 1.00. The van der Waals surface area contributed by atoms with Gasteiger partial charge >= 0.3 is 0 Å². The van der Waals surface area contributed by atoms with Crippen LogP contribution in [0.3, 0.4) is 0 Å². The Labute approximate surface area is 152 Å². The molecule has 152 valence electrons. The van der Waals surface area contributed by atoms with E-state index in [1.807, 2.05) is 6.92 Å². The van der Waals surface area contributed by atoms with Crippen molar-refractivity contribution < 1.29 is 36.4 Å². The first-order valence-corrected chi connectivity index (χ1v) is 10.5. The molecule has 1 N–H and O–H groups in total. The average molecular weight is 387 g/mol. The summed E-state index contributed by atoms with van der Waals surface area (Å²) in [5, 5.41) is 0. The molecule has 9 heteroatoms. The van der Waals surface area contributed by atoms with Gasteiger partial charge < -0.3 is 23.4 Å². The summed E-state index contributed by atoms with van der Waals surface area (Å²) in [5.41, 5.74) is 0. The Morgan fingerprint density at radius 1 is 0.760 bits per heavy atom. The van der Waals surface area contributed by atoms with Crippen molar-refractivity contribution in [2.75, 3.05) is 85.8 Å². The van der Waals surface area contributed by atoms with Gasteiger partial charge in [0.25, 0.3) is 10.1 Å². The fourth-order valence-electron chi connectivity index (χ4n) is 2.05. The molecule has 0 spiro atoms. The summed E-state index contributed by atoms with van der Waals surface area (Å²) in [6, 6.07) is 0. The van der Waals surface area contributed by atoms with E-state index < -0.39 is 10.1 Å². The molecule has 0 fully saturated rings. The second-order valence-corrected chi connectivity index (χ2v) is 7.98. The molecule has 0 aliphatic rings. The highest BCUT2D eigenvalue weighted by Gasteiger charge is 2.15. The van der Waals surface area contributed by atoms with Gasteiger partial charge in [0.15, 0.2) is 0 Å². The van der Waals surface area contributed by atoms with E-state index in [4.69, 9.17) is 23.5 Å². The first-order valence-electron chi connectivity index (χ1n) is 8.85. The van der Waals surface area contributed by atoms with Gasteiger partial charge in [-0.05, 0) is 19.8 Å². The van der Waals surface area contributed by atoms with Crippen LogP contribution in [0.2, 0.25) is 0 Å². The second-order valence-electron chi connectivity index (χ2n) is 6.41. The maximum atomic E-state index is 10.7. The average Bonchev–Trinajstić information content (AvgIpc) is 2.52. The van der Waals surface area contributed by atoms with Crippen LogP contribution in [0.5, 0.6) is 0 Å². The number of nitrogens with zero attached hydrogens (tertiary/aromatic N) is 1. The molecule has 0 aromatic heterocycles. The number of quaternary nitrogens is 1. The smallest absolute Gasteiger partial charge is 0.264 e. The summed E-state index contributed by atoms with van der Waals surface area (Å²) in [6.07, 6.45) is 1.22. The van der Waals surface area contributed by atoms with Gasteiger partial charge in [-0.25, -0.2) is 0 Å². The van der Waals surface area contributed by atoms with Crippen molar-refractivity contribution in [1.29, 1.82) is 0 Å². The summed E-state index contributed by atoms with van der Waals surface area (Å²) >= 11 is 0. The molecule has 25 heavy (non-hydrogen) atoms. The Morgan fingerprint density at radius 2 is 1.24 bits per heavy atom. The van der Waals surface area contributed by atoms with Crippen LogP contribution in [-0.2, 0) is 29.1 Å². The number of hydrogen-bond donors (Lipinski definition) is 1. The van der Waals surface area contributed by atoms with Crippen molar-refractivity contribution in [3.8, 4) is 0 Å². The molecule has 8 nitrogen and oxygen atoms in total. The molecule has 0 rings (SSSR count). The van der Waals surface area contributed by atoms with Gasteiger partial charge in [0, 0.05) is 6.61 Å². The predicted molar refractivity (Wildman–Crippen MR) is 96.4 cm³/mol.